The summed E-state index contributed by atoms with van der Waals surface area (Å²) in [6.07, 6.45) is 0.835. The lowest BCUT2D eigenvalue weighted by molar-refractivity contribution is -0.148. The highest BCUT2D eigenvalue weighted by atomic mass is 16.5. The van der Waals surface area contributed by atoms with Gasteiger partial charge in [0.1, 0.15) is 5.54 Å². The van der Waals surface area contributed by atoms with Crippen molar-refractivity contribution >= 4 is 5.97 Å². The lowest BCUT2D eigenvalue weighted by Gasteiger charge is -2.26. The highest BCUT2D eigenvalue weighted by Crippen LogP contribution is 2.24. The molecule has 2 atom stereocenters. The monoisotopic (exact) mass is 173 g/mol. The summed E-state index contributed by atoms with van der Waals surface area (Å²) in [6.45, 7) is 2.94. The molecule has 4 nitrogen and oxygen atoms in total. The van der Waals surface area contributed by atoms with Gasteiger partial charge in [-0.3, -0.25) is 4.79 Å². The molecule has 0 aromatic rings. The molecule has 1 fully saturated rings. The van der Waals surface area contributed by atoms with Gasteiger partial charge < -0.3 is 15.2 Å². The number of carbonyl (C=O) groups excluding carboxylic acids is 1. The molecule has 0 radical (unpaired) electrons. The molecule has 1 aliphatic heterocycles. The van der Waals surface area contributed by atoms with E-state index >= 15 is 0 Å². The van der Waals surface area contributed by atoms with Crippen LogP contribution in [0.1, 0.15) is 13.3 Å². The van der Waals surface area contributed by atoms with Crippen molar-refractivity contribution in [3.8, 4) is 0 Å². The number of rotatable bonds is 2. The maximum atomic E-state index is 11.2. The van der Waals surface area contributed by atoms with Gasteiger partial charge in [0, 0.05) is 12.5 Å². The molecule has 1 rings (SSSR count). The lowest BCUT2D eigenvalue weighted by atomic mass is 9.86. The Hall–Kier alpha value is -0.610. The number of ether oxygens (including phenoxy) is 2. The minimum absolute atomic E-state index is 0.0879. The van der Waals surface area contributed by atoms with Crippen molar-refractivity contribution in [3.63, 3.8) is 0 Å². The van der Waals surface area contributed by atoms with Crippen molar-refractivity contribution in [2.45, 2.75) is 18.9 Å². The van der Waals surface area contributed by atoms with Crippen LogP contribution in [0.2, 0.25) is 0 Å². The molecule has 0 aliphatic carbocycles. The average Bonchev–Trinajstić information content (AvgIpc) is 2.55. The van der Waals surface area contributed by atoms with Crippen molar-refractivity contribution in [2.24, 2.45) is 11.7 Å². The zero-order valence-electron chi connectivity index (χ0n) is 7.50. The van der Waals surface area contributed by atoms with Gasteiger partial charge in [0.2, 0.25) is 0 Å². The summed E-state index contributed by atoms with van der Waals surface area (Å²) in [5, 5.41) is 0. The molecule has 0 aromatic heterocycles. The van der Waals surface area contributed by atoms with E-state index in [0.717, 1.165) is 6.42 Å². The summed E-state index contributed by atoms with van der Waals surface area (Å²) in [5.74, 6) is -0.275. The van der Waals surface area contributed by atoms with Crippen LogP contribution >= 0.6 is 0 Å². The predicted molar refractivity (Wildman–Crippen MR) is 43.5 cm³/mol. The number of nitrogens with two attached hydrogens (primary N) is 1. The number of methoxy groups -OCH3 is 1. The Balaban J connectivity index is 2.62. The first-order valence-electron chi connectivity index (χ1n) is 4.04. The standard InChI is InChI=1S/C8H15NO3/c1-8(9,7(10)11-2)6-3-4-12-5-6/h6H,3-5,9H2,1-2H3. The number of hydrogen-bond donors (Lipinski definition) is 1. The van der Waals surface area contributed by atoms with Crippen LogP contribution in [0.25, 0.3) is 0 Å². The lowest BCUT2D eigenvalue weighted by Crippen LogP contribution is -2.52. The average molecular weight is 173 g/mol. The van der Waals surface area contributed by atoms with Gasteiger partial charge in [-0.2, -0.15) is 0 Å². The highest BCUT2D eigenvalue weighted by Gasteiger charge is 2.40. The molecule has 1 aliphatic rings. The van der Waals surface area contributed by atoms with Gasteiger partial charge in [0.15, 0.2) is 0 Å². The van der Waals surface area contributed by atoms with Crippen LogP contribution < -0.4 is 5.73 Å². The van der Waals surface area contributed by atoms with Gasteiger partial charge in [-0.1, -0.05) is 0 Å². The van der Waals surface area contributed by atoms with E-state index in [1.54, 1.807) is 6.92 Å². The molecular formula is C8H15NO3. The summed E-state index contributed by atoms with van der Waals surface area (Å²) in [6, 6.07) is 0. The normalized spacial score (nSPS) is 28.1. The van der Waals surface area contributed by atoms with Gasteiger partial charge in [-0.05, 0) is 13.3 Å². The van der Waals surface area contributed by atoms with Crippen LogP contribution in [-0.2, 0) is 14.3 Å². The first kappa shape index (κ1) is 9.48. The van der Waals surface area contributed by atoms with Gasteiger partial charge in [-0.15, -0.1) is 0 Å². The SMILES string of the molecule is COC(=O)C(C)(N)C1CCOC1. The summed E-state index contributed by atoms with van der Waals surface area (Å²) in [4.78, 5) is 11.2. The molecule has 1 heterocycles. The molecule has 0 amide bonds. The maximum Gasteiger partial charge on any atom is 0.325 e. The molecule has 1 saturated heterocycles. The van der Waals surface area contributed by atoms with E-state index in [1.165, 1.54) is 7.11 Å². The van der Waals surface area contributed by atoms with Crippen LogP contribution in [0.15, 0.2) is 0 Å². The van der Waals surface area contributed by atoms with Gasteiger partial charge in [0.25, 0.3) is 0 Å². The molecule has 0 aromatic carbocycles. The third-order valence-corrected chi connectivity index (χ3v) is 2.40. The van der Waals surface area contributed by atoms with Crippen molar-refractivity contribution in [3.05, 3.63) is 0 Å². The van der Waals surface area contributed by atoms with E-state index in [9.17, 15) is 4.79 Å². The van der Waals surface area contributed by atoms with Crippen molar-refractivity contribution in [2.75, 3.05) is 20.3 Å². The van der Waals surface area contributed by atoms with Gasteiger partial charge >= 0.3 is 5.97 Å². The Morgan fingerprint density at radius 1 is 1.75 bits per heavy atom. The minimum atomic E-state index is -0.898. The van der Waals surface area contributed by atoms with E-state index in [0.29, 0.717) is 13.2 Å². The Kier molecular flexibility index (Phi) is 2.69. The number of hydrogen-bond acceptors (Lipinski definition) is 4. The maximum absolute atomic E-state index is 11.2. The molecule has 2 unspecified atom stereocenters. The third kappa shape index (κ3) is 1.59. The van der Waals surface area contributed by atoms with Crippen LogP contribution in [0.4, 0.5) is 0 Å². The molecule has 12 heavy (non-hydrogen) atoms. The summed E-state index contributed by atoms with van der Waals surface area (Å²) >= 11 is 0. The molecule has 70 valence electrons. The van der Waals surface area contributed by atoms with Crippen LogP contribution in [0, 0.1) is 5.92 Å². The van der Waals surface area contributed by atoms with Crippen molar-refractivity contribution in [1.82, 2.24) is 0 Å². The molecule has 0 spiro atoms. The predicted octanol–water partition coefficient (Wildman–Crippen LogP) is -0.0867. The third-order valence-electron chi connectivity index (χ3n) is 2.40. The van der Waals surface area contributed by atoms with E-state index in [2.05, 4.69) is 4.74 Å². The molecular weight excluding hydrogens is 158 g/mol. The van der Waals surface area contributed by atoms with Crippen LogP contribution in [0.3, 0.4) is 0 Å². The zero-order chi connectivity index (χ0) is 9.19. The smallest absolute Gasteiger partial charge is 0.325 e. The number of carbonyl (C=O) groups is 1. The highest BCUT2D eigenvalue weighted by molar-refractivity contribution is 5.80. The fourth-order valence-electron chi connectivity index (χ4n) is 1.39. The Morgan fingerprint density at radius 2 is 2.42 bits per heavy atom. The fourth-order valence-corrected chi connectivity index (χ4v) is 1.39. The topological polar surface area (TPSA) is 61.5 Å². The first-order valence-corrected chi connectivity index (χ1v) is 4.04. The van der Waals surface area contributed by atoms with Gasteiger partial charge in [0.05, 0.1) is 13.7 Å². The van der Waals surface area contributed by atoms with E-state index in [-0.39, 0.29) is 11.9 Å². The second-order valence-electron chi connectivity index (χ2n) is 3.33. The van der Waals surface area contributed by atoms with Crippen molar-refractivity contribution in [1.29, 1.82) is 0 Å². The second-order valence-corrected chi connectivity index (χ2v) is 3.33. The summed E-state index contributed by atoms with van der Waals surface area (Å²) in [5.41, 5.74) is 4.92. The van der Waals surface area contributed by atoms with E-state index < -0.39 is 5.54 Å². The Bertz CT molecular complexity index is 173. The molecule has 4 heteroatoms. The van der Waals surface area contributed by atoms with Gasteiger partial charge in [-0.25, -0.2) is 0 Å². The molecule has 2 N–H and O–H groups in total. The fraction of sp³-hybridized carbons (Fsp3) is 0.875. The number of esters is 1. The molecule has 0 bridgehead atoms. The van der Waals surface area contributed by atoms with E-state index in [1.807, 2.05) is 0 Å². The largest absolute Gasteiger partial charge is 0.468 e. The molecule has 0 saturated carbocycles. The quantitative estimate of drug-likeness (QED) is 0.593. The minimum Gasteiger partial charge on any atom is -0.468 e. The summed E-state index contributed by atoms with van der Waals surface area (Å²) in [7, 11) is 1.35. The Labute approximate surface area is 72.0 Å². The zero-order valence-corrected chi connectivity index (χ0v) is 7.50. The Morgan fingerprint density at radius 3 is 2.83 bits per heavy atom. The second kappa shape index (κ2) is 3.41. The van der Waals surface area contributed by atoms with Crippen LogP contribution in [0.5, 0.6) is 0 Å². The summed E-state index contributed by atoms with van der Waals surface area (Å²) < 4.78 is 9.76. The van der Waals surface area contributed by atoms with E-state index in [4.69, 9.17) is 10.5 Å². The first-order chi connectivity index (χ1) is 5.59. The van der Waals surface area contributed by atoms with Crippen molar-refractivity contribution < 1.29 is 14.3 Å². The van der Waals surface area contributed by atoms with Crippen LogP contribution in [-0.4, -0.2) is 31.8 Å².